The molecule has 1 aromatic heterocycles. The number of amides is 1. The van der Waals surface area contributed by atoms with E-state index >= 15 is 0 Å². The highest BCUT2D eigenvalue weighted by Gasteiger charge is 2.42. The molecule has 5 unspecified atom stereocenters. The normalized spacial score (nSPS) is 23.5. The van der Waals surface area contributed by atoms with Gasteiger partial charge in [0.15, 0.2) is 5.16 Å². The molecule has 0 saturated heterocycles. The van der Waals surface area contributed by atoms with E-state index in [1.165, 1.54) is 54.1 Å². The molecule has 2 saturated carbocycles. The lowest BCUT2D eigenvalue weighted by atomic mass is 9.84. The predicted octanol–water partition coefficient (Wildman–Crippen LogP) is 4.95. The molecule has 33 heavy (non-hydrogen) atoms. The number of halogens is 1. The van der Waals surface area contributed by atoms with Gasteiger partial charge in [0.1, 0.15) is 5.82 Å². The lowest BCUT2D eigenvalue weighted by Gasteiger charge is -2.29. The summed E-state index contributed by atoms with van der Waals surface area (Å²) >= 11 is 1.25. The average molecular weight is 466 g/mol. The van der Waals surface area contributed by atoms with Crippen LogP contribution in [0.25, 0.3) is 16.6 Å². The second-order valence-electron chi connectivity index (χ2n) is 9.42. The van der Waals surface area contributed by atoms with Crippen LogP contribution in [0, 0.1) is 23.6 Å². The number of fused-ring (bicyclic) bond motifs is 3. The fraction of sp³-hybridized carbons (Fsp3) is 0.423. The number of hydrogen-bond acceptors (Lipinski definition) is 4. The van der Waals surface area contributed by atoms with Crippen molar-refractivity contribution in [2.24, 2.45) is 17.8 Å². The number of para-hydroxylation sites is 1. The number of rotatable bonds is 6. The van der Waals surface area contributed by atoms with Crippen molar-refractivity contribution < 1.29 is 9.18 Å². The summed E-state index contributed by atoms with van der Waals surface area (Å²) in [5, 5.41) is 3.68. The van der Waals surface area contributed by atoms with Gasteiger partial charge in [-0.05, 0) is 87.3 Å². The third-order valence-electron chi connectivity index (χ3n) is 7.29. The Balaban J connectivity index is 1.41. The Morgan fingerprint density at radius 1 is 1.12 bits per heavy atom. The molecular formula is C26H28FN3O2S. The van der Waals surface area contributed by atoms with Crippen molar-refractivity contribution in [3.63, 3.8) is 0 Å². The van der Waals surface area contributed by atoms with Crippen LogP contribution in [0.5, 0.6) is 0 Å². The van der Waals surface area contributed by atoms with Gasteiger partial charge in [0.25, 0.3) is 5.56 Å². The molecule has 1 heterocycles. The monoisotopic (exact) mass is 465 g/mol. The van der Waals surface area contributed by atoms with E-state index in [0.717, 1.165) is 11.8 Å². The van der Waals surface area contributed by atoms with Crippen LogP contribution in [0.1, 0.15) is 39.5 Å². The number of benzene rings is 2. The Hall–Kier alpha value is -2.67. The molecule has 5 atom stereocenters. The number of aromatic nitrogens is 2. The first kappa shape index (κ1) is 22.1. The van der Waals surface area contributed by atoms with E-state index in [9.17, 15) is 14.0 Å². The van der Waals surface area contributed by atoms with E-state index in [0.29, 0.717) is 27.7 Å². The number of carbonyl (C=O) groups is 1. The van der Waals surface area contributed by atoms with Gasteiger partial charge in [0.05, 0.1) is 21.8 Å². The number of nitrogens with one attached hydrogen (secondary N) is 1. The molecule has 2 aliphatic rings. The third kappa shape index (κ3) is 4.31. The van der Waals surface area contributed by atoms with E-state index in [4.69, 9.17) is 4.98 Å². The smallest absolute Gasteiger partial charge is 0.266 e. The molecule has 2 bridgehead atoms. The average Bonchev–Trinajstić information content (AvgIpc) is 3.44. The van der Waals surface area contributed by atoms with Crippen LogP contribution < -0.4 is 10.9 Å². The van der Waals surface area contributed by atoms with Crippen molar-refractivity contribution in [2.75, 3.05) is 0 Å². The van der Waals surface area contributed by atoms with Gasteiger partial charge in [0, 0.05) is 6.04 Å². The molecule has 0 spiro atoms. The van der Waals surface area contributed by atoms with Gasteiger partial charge in [-0.3, -0.25) is 14.2 Å². The summed E-state index contributed by atoms with van der Waals surface area (Å²) < 4.78 is 15.0. The fourth-order valence-corrected chi connectivity index (χ4v) is 6.51. The maximum Gasteiger partial charge on any atom is 0.266 e. The van der Waals surface area contributed by atoms with Gasteiger partial charge in [-0.25, -0.2) is 9.37 Å². The van der Waals surface area contributed by atoms with E-state index in [2.05, 4.69) is 12.2 Å². The Kier molecular flexibility index (Phi) is 5.99. The maximum absolute atomic E-state index is 13.5. The van der Waals surface area contributed by atoms with Crippen molar-refractivity contribution in [3.8, 4) is 5.69 Å². The van der Waals surface area contributed by atoms with E-state index in [-0.39, 0.29) is 23.3 Å². The summed E-state index contributed by atoms with van der Waals surface area (Å²) in [6, 6.07) is 13.0. The maximum atomic E-state index is 13.5. The first-order chi connectivity index (χ1) is 15.9. The number of nitrogens with zero attached hydrogens (tertiary/aromatic N) is 2. The first-order valence-electron chi connectivity index (χ1n) is 11.7. The summed E-state index contributed by atoms with van der Waals surface area (Å²) in [5.74, 6) is 1.69. The second kappa shape index (κ2) is 8.93. The highest BCUT2D eigenvalue weighted by molar-refractivity contribution is 8.00. The zero-order valence-corrected chi connectivity index (χ0v) is 19.6. The van der Waals surface area contributed by atoms with E-state index < -0.39 is 5.25 Å². The summed E-state index contributed by atoms with van der Waals surface area (Å²) in [6.07, 6.45) is 5.14. The van der Waals surface area contributed by atoms with E-state index in [1.54, 1.807) is 30.3 Å². The molecule has 0 aliphatic heterocycles. The minimum Gasteiger partial charge on any atom is -0.352 e. The Labute approximate surface area is 196 Å². The van der Waals surface area contributed by atoms with Crippen molar-refractivity contribution in [1.29, 1.82) is 0 Å². The minimum absolute atomic E-state index is 0.0525. The molecule has 1 N–H and O–H groups in total. The van der Waals surface area contributed by atoms with Crippen LogP contribution >= 0.6 is 11.8 Å². The Morgan fingerprint density at radius 2 is 1.88 bits per heavy atom. The molecule has 7 heteroatoms. The fourth-order valence-electron chi connectivity index (χ4n) is 5.58. The van der Waals surface area contributed by atoms with Crippen molar-refractivity contribution in [2.45, 2.75) is 56.0 Å². The minimum atomic E-state index is -0.439. The highest BCUT2D eigenvalue weighted by Crippen LogP contribution is 2.49. The SMILES string of the molecule is CC(Sc1nc2ccccc2c(=O)n1-c1ccc(F)cc1)C(=O)NC(C)C1CC2CCC1C2. The van der Waals surface area contributed by atoms with Crippen molar-refractivity contribution in [1.82, 2.24) is 14.9 Å². The van der Waals surface area contributed by atoms with Gasteiger partial charge in [-0.2, -0.15) is 0 Å². The molecule has 2 aromatic carbocycles. The van der Waals surface area contributed by atoms with Crippen LogP contribution in [0.4, 0.5) is 4.39 Å². The van der Waals surface area contributed by atoms with Gasteiger partial charge in [-0.15, -0.1) is 0 Å². The molecule has 3 aromatic rings. The number of hydrogen-bond donors (Lipinski definition) is 1. The molecule has 5 rings (SSSR count). The molecule has 2 fully saturated rings. The topological polar surface area (TPSA) is 64.0 Å². The zero-order valence-electron chi connectivity index (χ0n) is 18.8. The quantitative estimate of drug-likeness (QED) is 0.413. The van der Waals surface area contributed by atoms with Crippen LogP contribution in [-0.4, -0.2) is 26.8 Å². The number of carbonyl (C=O) groups excluding carboxylic acids is 1. The third-order valence-corrected chi connectivity index (χ3v) is 8.34. The zero-order chi connectivity index (χ0) is 23.1. The number of thioether (sulfide) groups is 1. The molecule has 1 amide bonds. The predicted molar refractivity (Wildman–Crippen MR) is 129 cm³/mol. The van der Waals surface area contributed by atoms with Gasteiger partial charge < -0.3 is 5.32 Å². The molecule has 2 aliphatic carbocycles. The standard InChI is InChI=1S/C26H28FN3O2S/c1-15(22-14-17-7-8-18(22)13-17)28-24(31)16(2)33-26-29-23-6-4-3-5-21(23)25(32)30(26)20-11-9-19(27)10-12-20/h3-6,9-12,15-18,22H,7-8,13-14H2,1-2H3,(H,28,31). The molecular weight excluding hydrogens is 437 g/mol. The van der Waals surface area contributed by atoms with Crippen LogP contribution in [0.3, 0.4) is 0 Å². The van der Waals surface area contributed by atoms with E-state index in [1.807, 2.05) is 13.0 Å². The summed E-state index contributed by atoms with van der Waals surface area (Å²) in [5.41, 5.74) is 0.856. The molecule has 172 valence electrons. The van der Waals surface area contributed by atoms with Gasteiger partial charge in [0.2, 0.25) is 5.91 Å². The lowest BCUT2D eigenvalue weighted by Crippen LogP contribution is -2.43. The van der Waals surface area contributed by atoms with Gasteiger partial charge in [-0.1, -0.05) is 30.3 Å². The van der Waals surface area contributed by atoms with Crippen molar-refractivity contribution >= 4 is 28.6 Å². The van der Waals surface area contributed by atoms with Crippen LogP contribution in [0.2, 0.25) is 0 Å². The Morgan fingerprint density at radius 3 is 2.58 bits per heavy atom. The molecule has 0 radical (unpaired) electrons. The second-order valence-corrected chi connectivity index (χ2v) is 10.7. The summed E-state index contributed by atoms with van der Waals surface area (Å²) in [4.78, 5) is 31.1. The van der Waals surface area contributed by atoms with Crippen molar-refractivity contribution in [3.05, 3.63) is 64.7 Å². The highest BCUT2D eigenvalue weighted by atomic mass is 32.2. The Bertz CT molecular complexity index is 1240. The first-order valence-corrected chi connectivity index (χ1v) is 12.5. The summed E-state index contributed by atoms with van der Waals surface area (Å²) in [6.45, 7) is 3.95. The summed E-state index contributed by atoms with van der Waals surface area (Å²) in [7, 11) is 0. The largest absolute Gasteiger partial charge is 0.352 e. The van der Waals surface area contributed by atoms with Crippen LogP contribution in [-0.2, 0) is 4.79 Å². The lowest BCUT2D eigenvalue weighted by molar-refractivity contribution is -0.121. The molecule has 5 nitrogen and oxygen atoms in total. The van der Waals surface area contributed by atoms with Crippen LogP contribution in [0.15, 0.2) is 58.5 Å². The van der Waals surface area contributed by atoms with Gasteiger partial charge >= 0.3 is 0 Å².